The molecule has 0 bridgehead atoms. The van der Waals surface area contributed by atoms with Crippen molar-refractivity contribution in [1.82, 2.24) is 9.97 Å². The lowest BCUT2D eigenvalue weighted by Gasteiger charge is -2.17. The number of nitrogens with zero attached hydrogens (tertiary/aromatic N) is 2. The van der Waals surface area contributed by atoms with Crippen LogP contribution in [0.2, 0.25) is 0 Å². The summed E-state index contributed by atoms with van der Waals surface area (Å²) in [6, 6.07) is 5.96. The van der Waals surface area contributed by atoms with Crippen molar-refractivity contribution in [3.05, 3.63) is 53.8 Å². The fourth-order valence-corrected chi connectivity index (χ4v) is 2.47. The summed E-state index contributed by atoms with van der Waals surface area (Å²) in [6.07, 6.45) is 7.77. The number of hydrogen-bond donors (Lipinski definition) is 2. The molecule has 1 heterocycles. The zero-order valence-corrected chi connectivity index (χ0v) is 11.6. The lowest BCUT2D eigenvalue weighted by atomic mass is 9.88. The maximum absolute atomic E-state index is 11.1. The van der Waals surface area contributed by atoms with Gasteiger partial charge in [-0.1, -0.05) is 24.3 Å². The van der Waals surface area contributed by atoms with Gasteiger partial charge in [0.05, 0.1) is 5.52 Å². The lowest BCUT2D eigenvalue weighted by Crippen LogP contribution is -2.08. The topological polar surface area (TPSA) is 75.1 Å². The summed E-state index contributed by atoms with van der Waals surface area (Å²) in [5.41, 5.74) is 2.38. The highest BCUT2D eigenvalue weighted by atomic mass is 16.4. The molecule has 2 aromatic rings. The van der Waals surface area contributed by atoms with Gasteiger partial charge in [-0.3, -0.25) is 0 Å². The molecule has 0 saturated heterocycles. The molecule has 1 aliphatic rings. The minimum absolute atomic E-state index is 0.0782. The van der Waals surface area contributed by atoms with Gasteiger partial charge in [0.2, 0.25) is 5.95 Å². The molecule has 3 rings (SSSR count). The van der Waals surface area contributed by atoms with Gasteiger partial charge in [0, 0.05) is 30.1 Å². The molecular weight excluding hydrogens is 266 g/mol. The maximum atomic E-state index is 11.1. The zero-order chi connectivity index (χ0) is 14.8. The Morgan fingerprint density at radius 3 is 3.05 bits per heavy atom. The molecule has 0 saturated carbocycles. The number of carboxylic acids is 1. The molecule has 0 amide bonds. The smallest absolute Gasteiger partial charge is 0.331 e. The van der Waals surface area contributed by atoms with E-state index in [9.17, 15) is 4.79 Å². The molecule has 1 aromatic carbocycles. The number of anilines is 1. The SMILES string of the molecule is CNc1ncc2cc(C3C=CC=C(C(=O)O)C3)ccc2n1. The maximum Gasteiger partial charge on any atom is 0.331 e. The van der Waals surface area contributed by atoms with E-state index < -0.39 is 5.97 Å². The van der Waals surface area contributed by atoms with E-state index >= 15 is 0 Å². The Labute approximate surface area is 122 Å². The zero-order valence-electron chi connectivity index (χ0n) is 11.6. The highest BCUT2D eigenvalue weighted by Crippen LogP contribution is 2.30. The van der Waals surface area contributed by atoms with Gasteiger partial charge in [-0.15, -0.1) is 0 Å². The number of aliphatic carboxylic acids is 1. The molecule has 5 heteroatoms. The number of benzene rings is 1. The molecule has 0 radical (unpaired) electrons. The fraction of sp³-hybridized carbons (Fsp3) is 0.188. The summed E-state index contributed by atoms with van der Waals surface area (Å²) in [6.45, 7) is 0. The van der Waals surface area contributed by atoms with E-state index in [0.717, 1.165) is 16.5 Å². The van der Waals surface area contributed by atoms with Gasteiger partial charge in [0.15, 0.2) is 0 Å². The Morgan fingerprint density at radius 1 is 1.43 bits per heavy atom. The number of allylic oxidation sites excluding steroid dienone is 3. The normalized spacial score (nSPS) is 17.6. The second-order valence-electron chi connectivity index (χ2n) is 4.95. The van der Waals surface area contributed by atoms with Gasteiger partial charge < -0.3 is 10.4 Å². The largest absolute Gasteiger partial charge is 0.478 e. The first-order valence-corrected chi connectivity index (χ1v) is 6.72. The van der Waals surface area contributed by atoms with Gasteiger partial charge in [-0.2, -0.15) is 0 Å². The Hall–Kier alpha value is -2.69. The number of rotatable bonds is 3. The molecule has 5 nitrogen and oxygen atoms in total. The molecule has 0 fully saturated rings. The van der Waals surface area contributed by atoms with Crippen LogP contribution in [0.25, 0.3) is 10.9 Å². The van der Waals surface area contributed by atoms with Crippen molar-refractivity contribution < 1.29 is 9.90 Å². The van der Waals surface area contributed by atoms with Crippen LogP contribution >= 0.6 is 0 Å². The summed E-state index contributed by atoms with van der Waals surface area (Å²) < 4.78 is 0. The van der Waals surface area contributed by atoms with Gasteiger partial charge in [0.25, 0.3) is 0 Å². The van der Waals surface area contributed by atoms with Gasteiger partial charge >= 0.3 is 5.97 Å². The average Bonchev–Trinajstić information content (AvgIpc) is 2.54. The molecule has 0 spiro atoms. The third kappa shape index (κ3) is 2.63. The second kappa shape index (κ2) is 5.36. The van der Waals surface area contributed by atoms with Gasteiger partial charge in [-0.25, -0.2) is 14.8 Å². The fourth-order valence-electron chi connectivity index (χ4n) is 2.47. The third-order valence-electron chi connectivity index (χ3n) is 3.61. The lowest BCUT2D eigenvalue weighted by molar-refractivity contribution is -0.132. The summed E-state index contributed by atoms with van der Waals surface area (Å²) in [5.74, 6) is -0.189. The minimum Gasteiger partial charge on any atom is -0.478 e. The molecule has 21 heavy (non-hydrogen) atoms. The van der Waals surface area contributed by atoms with Crippen molar-refractivity contribution >= 4 is 22.8 Å². The van der Waals surface area contributed by atoms with Crippen LogP contribution < -0.4 is 5.32 Å². The van der Waals surface area contributed by atoms with Crippen LogP contribution in [0, 0.1) is 0 Å². The molecule has 2 N–H and O–H groups in total. The minimum atomic E-state index is -0.855. The average molecular weight is 281 g/mol. The summed E-state index contributed by atoms with van der Waals surface area (Å²) >= 11 is 0. The van der Waals surface area contributed by atoms with Crippen LogP contribution in [0.1, 0.15) is 17.9 Å². The predicted octanol–water partition coefficient (Wildman–Crippen LogP) is 2.73. The van der Waals surface area contributed by atoms with Crippen LogP contribution in [0.4, 0.5) is 5.95 Å². The van der Waals surface area contributed by atoms with Crippen molar-refractivity contribution in [2.45, 2.75) is 12.3 Å². The Bertz CT molecular complexity index is 765. The first-order chi connectivity index (χ1) is 10.2. The summed E-state index contributed by atoms with van der Waals surface area (Å²) in [7, 11) is 1.78. The van der Waals surface area contributed by atoms with Crippen LogP contribution in [-0.2, 0) is 4.79 Å². The Kier molecular flexibility index (Phi) is 3.39. The molecule has 1 aliphatic carbocycles. The van der Waals surface area contributed by atoms with E-state index in [-0.39, 0.29) is 5.92 Å². The highest BCUT2D eigenvalue weighted by Gasteiger charge is 2.18. The number of hydrogen-bond acceptors (Lipinski definition) is 4. The number of fused-ring (bicyclic) bond motifs is 1. The van der Waals surface area contributed by atoms with E-state index in [2.05, 4.69) is 15.3 Å². The van der Waals surface area contributed by atoms with Gasteiger partial charge in [0.1, 0.15) is 0 Å². The van der Waals surface area contributed by atoms with Crippen molar-refractivity contribution in [3.8, 4) is 0 Å². The molecule has 1 unspecified atom stereocenters. The van der Waals surface area contributed by atoms with E-state index in [1.165, 1.54) is 0 Å². The van der Waals surface area contributed by atoms with E-state index in [1.807, 2.05) is 30.4 Å². The number of carbonyl (C=O) groups is 1. The molecule has 1 atom stereocenters. The standard InChI is InChI=1S/C16H15N3O2/c1-17-16-18-9-13-8-11(5-6-14(13)19-16)10-3-2-4-12(7-10)15(20)21/h2-6,8-10H,7H2,1H3,(H,20,21)(H,17,18,19). The quantitative estimate of drug-likeness (QED) is 0.904. The molecule has 106 valence electrons. The van der Waals surface area contributed by atoms with E-state index in [0.29, 0.717) is 17.9 Å². The summed E-state index contributed by atoms with van der Waals surface area (Å²) in [5, 5.41) is 13.0. The number of carboxylic acid groups (broad SMARTS) is 1. The number of aromatic nitrogens is 2. The van der Waals surface area contributed by atoms with Crippen molar-refractivity contribution in [1.29, 1.82) is 0 Å². The first kappa shape index (κ1) is 13.3. The highest BCUT2D eigenvalue weighted by molar-refractivity contribution is 5.87. The van der Waals surface area contributed by atoms with E-state index in [4.69, 9.17) is 5.11 Å². The second-order valence-corrected chi connectivity index (χ2v) is 4.95. The molecular formula is C16H15N3O2. The van der Waals surface area contributed by atoms with Crippen molar-refractivity contribution in [2.75, 3.05) is 12.4 Å². The van der Waals surface area contributed by atoms with Crippen molar-refractivity contribution in [3.63, 3.8) is 0 Å². The first-order valence-electron chi connectivity index (χ1n) is 6.72. The predicted molar refractivity (Wildman–Crippen MR) is 81.3 cm³/mol. The summed E-state index contributed by atoms with van der Waals surface area (Å²) in [4.78, 5) is 19.7. The van der Waals surface area contributed by atoms with Crippen molar-refractivity contribution in [2.24, 2.45) is 0 Å². The third-order valence-corrected chi connectivity index (χ3v) is 3.61. The van der Waals surface area contributed by atoms with Crippen LogP contribution in [0.15, 0.2) is 48.2 Å². The van der Waals surface area contributed by atoms with Crippen LogP contribution in [0.5, 0.6) is 0 Å². The Morgan fingerprint density at radius 2 is 2.29 bits per heavy atom. The number of nitrogens with one attached hydrogen (secondary N) is 1. The van der Waals surface area contributed by atoms with Crippen LogP contribution in [0.3, 0.4) is 0 Å². The molecule has 0 aliphatic heterocycles. The van der Waals surface area contributed by atoms with E-state index in [1.54, 1.807) is 19.3 Å². The molecule has 1 aromatic heterocycles. The van der Waals surface area contributed by atoms with Gasteiger partial charge in [-0.05, 0) is 24.1 Å². The van der Waals surface area contributed by atoms with Crippen LogP contribution in [-0.4, -0.2) is 28.1 Å². The monoisotopic (exact) mass is 281 g/mol. The Balaban J connectivity index is 1.93.